The van der Waals surface area contributed by atoms with E-state index in [1.807, 2.05) is 12.1 Å². The molecule has 0 amide bonds. The number of allylic oxidation sites excluding steroid dienone is 1. The van der Waals surface area contributed by atoms with E-state index in [0.29, 0.717) is 5.92 Å². The molecule has 0 nitrogen and oxygen atoms in total. The van der Waals surface area contributed by atoms with Gasteiger partial charge < -0.3 is 0 Å². The minimum atomic E-state index is 0.440. The van der Waals surface area contributed by atoms with E-state index in [-0.39, 0.29) is 0 Å². The van der Waals surface area contributed by atoms with Crippen LogP contribution in [0.4, 0.5) is 0 Å². The van der Waals surface area contributed by atoms with Crippen molar-refractivity contribution in [1.29, 1.82) is 0 Å². The third-order valence-electron chi connectivity index (χ3n) is 2.75. The number of hydrogen-bond donors (Lipinski definition) is 0. The molecule has 0 aliphatic rings. The molecule has 0 radical (unpaired) electrons. The molecule has 0 heterocycles. The Labute approximate surface area is 111 Å². The monoisotopic (exact) mass is 286 g/mol. The highest BCUT2D eigenvalue weighted by Crippen LogP contribution is 2.18. The SMILES string of the molecule is CC(C=Cc1cccc(Br)c1)c1ccccc1. The zero-order valence-electron chi connectivity index (χ0n) is 9.81. The van der Waals surface area contributed by atoms with E-state index in [0.717, 1.165) is 4.47 Å². The summed E-state index contributed by atoms with van der Waals surface area (Å²) in [5.74, 6) is 0.440. The fourth-order valence-electron chi connectivity index (χ4n) is 1.73. The molecule has 86 valence electrons. The second kappa shape index (κ2) is 5.83. The van der Waals surface area contributed by atoms with Gasteiger partial charge in [-0.1, -0.05) is 77.5 Å². The standard InChI is InChI=1S/C16H15Br/c1-13(15-7-3-2-4-8-15)10-11-14-6-5-9-16(17)12-14/h2-13H,1H3. The average molecular weight is 287 g/mol. The molecule has 0 saturated heterocycles. The van der Waals surface area contributed by atoms with Crippen LogP contribution in [0.2, 0.25) is 0 Å². The van der Waals surface area contributed by atoms with Gasteiger partial charge in [0.05, 0.1) is 0 Å². The fourth-order valence-corrected chi connectivity index (χ4v) is 2.15. The maximum absolute atomic E-state index is 3.48. The van der Waals surface area contributed by atoms with Crippen molar-refractivity contribution in [2.24, 2.45) is 0 Å². The molecule has 2 aromatic rings. The van der Waals surface area contributed by atoms with E-state index in [9.17, 15) is 0 Å². The van der Waals surface area contributed by atoms with Gasteiger partial charge in [-0.05, 0) is 29.2 Å². The van der Waals surface area contributed by atoms with E-state index < -0.39 is 0 Å². The summed E-state index contributed by atoms with van der Waals surface area (Å²) in [5, 5.41) is 0. The molecule has 0 aliphatic heterocycles. The van der Waals surface area contributed by atoms with E-state index >= 15 is 0 Å². The van der Waals surface area contributed by atoms with Crippen LogP contribution >= 0.6 is 15.9 Å². The van der Waals surface area contributed by atoms with Gasteiger partial charge in [-0.25, -0.2) is 0 Å². The largest absolute Gasteiger partial charge is 0.0767 e. The molecule has 1 atom stereocenters. The van der Waals surface area contributed by atoms with Crippen LogP contribution < -0.4 is 0 Å². The smallest absolute Gasteiger partial charge is 0.0181 e. The summed E-state index contributed by atoms with van der Waals surface area (Å²) in [6, 6.07) is 18.9. The minimum absolute atomic E-state index is 0.440. The number of benzene rings is 2. The third-order valence-corrected chi connectivity index (χ3v) is 3.24. The quantitative estimate of drug-likeness (QED) is 0.721. The lowest BCUT2D eigenvalue weighted by atomic mass is 10.00. The van der Waals surface area contributed by atoms with Gasteiger partial charge in [0.15, 0.2) is 0 Å². The second-order valence-corrected chi connectivity index (χ2v) is 5.03. The highest BCUT2D eigenvalue weighted by atomic mass is 79.9. The van der Waals surface area contributed by atoms with Crippen LogP contribution in [0, 0.1) is 0 Å². The summed E-state index contributed by atoms with van der Waals surface area (Å²) in [5.41, 5.74) is 2.57. The molecule has 0 aliphatic carbocycles. The molecule has 2 aromatic carbocycles. The van der Waals surface area contributed by atoms with Crippen molar-refractivity contribution in [3.05, 3.63) is 76.3 Å². The van der Waals surface area contributed by atoms with Crippen molar-refractivity contribution in [3.63, 3.8) is 0 Å². The van der Waals surface area contributed by atoms with Gasteiger partial charge in [-0.2, -0.15) is 0 Å². The maximum Gasteiger partial charge on any atom is 0.0181 e. The van der Waals surface area contributed by atoms with Crippen LogP contribution in [-0.4, -0.2) is 0 Å². The van der Waals surface area contributed by atoms with Crippen LogP contribution in [0.1, 0.15) is 24.0 Å². The van der Waals surface area contributed by atoms with Crippen molar-refractivity contribution in [1.82, 2.24) is 0 Å². The zero-order valence-corrected chi connectivity index (χ0v) is 11.4. The van der Waals surface area contributed by atoms with Gasteiger partial charge >= 0.3 is 0 Å². The summed E-state index contributed by atoms with van der Waals surface area (Å²) in [6.45, 7) is 2.21. The van der Waals surface area contributed by atoms with Crippen molar-refractivity contribution >= 4 is 22.0 Å². The lowest BCUT2D eigenvalue weighted by Crippen LogP contribution is -1.87. The van der Waals surface area contributed by atoms with Crippen molar-refractivity contribution in [2.75, 3.05) is 0 Å². The van der Waals surface area contributed by atoms with Crippen molar-refractivity contribution < 1.29 is 0 Å². The molecule has 0 N–H and O–H groups in total. The van der Waals surface area contributed by atoms with Gasteiger partial charge in [0, 0.05) is 4.47 Å². The Kier molecular flexibility index (Phi) is 4.16. The van der Waals surface area contributed by atoms with Crippen LogP contribution in [0.25, 0.3) is 6.08 Å². The van der Waals surface area contributed by atoms with E-state index in [2.05, 4.69) is 77.5 Å². The summed E-state index contributed by atoms with van der Waals surface area (Å²) in [7, 11) is 0. The molecule has 17 heavy (non-hydrogen) atoms. The molecule has 0 bridgehead atoms. The number of hydrogen-bond acceptors (Lipinski definition) is 0. The maximum atomic E-state index is 3.48. The first-order valence-electron chi connectivity index (χ1n) is 5.74. The first kappa shape index (κ1) is 12.1. The van der Waals surface area contributed by atoms with E-state index in [1.54, 1.807) is 0 Å². The van der Waals surface area contributed by atoms with Crippen LogP contribution in [0.5, 0.6) is 0 Å². The Balaban J connectivity index is 2.11. The summed E-state index contributed by atoms with van der Waals surface area (Å²) >= 11 is 3.48. The van der Waals surface area contributed by atoms with E-state index in [1.165, 1.54) is 11.1 Å². The minimum Gasteiger partial charge on any atom is -0.0767 e. The predicted molar refractivity (Wildman–Crippen MR) is 78.0 cm³/mol. The highest BCUT2D eigenvalue weighted by molar-refractivity contribution is 9.10. The van der Waals surface area contributed by atoms with Gasteiger partial charge in [-0.3, -0.25) is 0 Å². The van der Waals surface area contributed by atoms with Crippen molar-refractivity contribution in [2.45, 2.75) is 12.8 Å². The average Bonchev–Trinajstić information content (AvgIpc) is 2.37. The Morgan fingerprint density at radius 1 is 1.00 bits per heavy atom. The normalized spacial score (nSPS) is 12.8. The summed E-state index contributed by atoms with van der Waals surface area (Å²) < 4.78 is 1.12. The van der Waals surface area contributed by atoms with Crippen molar-refractivity contribution in [3.8, 4) is 0 Å². The van der Waals surface area contributed by atoms with E-state index in [4.69, 9.17) is 0 Å². The van der Waals surface area contributed by atoms with Crippen LogP contribution in [0.15, 0.2) is 65.1 Å². The van der Waals surface area contributed by atoms with Gasteiger partial charge in [-0.15, -0.1) is 0 Å². The first-order valence-corrected chi connectivity index (χ1v) is 6.54. The molecule has 0 spiro atoms. The molecular weight excluding hydrogens is 272 g/mol. The summed E-state index contributed by atoms with van der Waals surface area (Å²) in [6.07, 6.45) is 4.40. The Bertz CT molecular complexity index is 500. The Hall–Kier alpha value is -1.34. The molecule has 1 unspecified atom stereocenters. The molecule has 0 aromatic heterocycles. The predicted octanol–water partition coefficient (Wildman–Crippen LogP) is 5.27. The second-order valence-electron chi connectivity index (χ2n) is 4.11. The lowest BCUT2D eigenvalue weighted by molar-refractivity contribution is 0.973. The lowest BCUT2D eigenvalue weighted by Gasteiger charge is -2.05. The molecular formula is C16H15Br. The molecule has 1 heteroatoms. The number of rotatable bonds is 3. The third kappa shape index (κ3) is 3.57. The summed E-state index contributed by atoms with van der Waals surface area (Å²) in [4.78, 5) is 0. The Morgan fingerprint density at radius 3 is 2.47 bits per heavy atom. The van der Waals surface area contributed by atoms with Crippen LogP contribution in [0.3, 0.4) is 0 Å². The molecule has 0 fully saturated rings. The highest BCUT2D eigenvalue weighted by Gasteiger charge is 1.99. The molecule has 0 saturated carbocycles. The van der Waals surface area contributed by atoms with Gasteiger partial charge in [0.25, 0.3) is 0 Å². The first-order chi connectivity index (χ1) is 8.25. The topological polar surface area (TPSA) is 0 Å². The van der Waals surface area contributed by atoms with Gasteiger partial charge in [0.1, 0.15) is 0 Å². The Morgan fingerprint density at radius 2 is 1.76 bits per heavy atom. The van der Waals surface area contributed by atoms with Crippen LogP contribution in [-0.2, 0) is 0 Å². The zero-order chi connectivity index (χ0) is 12.1. The number of halogens is 1. The fraction of sp³-hybridized carbons (Fsp3) is 0.125. The van der Waals surface area contributed by atoms with Gasteiger partial charge in [0.2, 0.25) is 0 Å². The molecule has 2 rings (SSSR count).